The zero-order chi connectivity index (χ0) is 22.9. The second-order valence-corrected chi connectivity index (χ2v) is 7.70. The van der Waals surface area contributed by atoms with Gasteiger partial charge >= 0.3 is 18.1 Å². The Kier molecular flexibility index (Phi) is 26.0. The van der Waals surface area contributed by atoms with Gasteiger partial charge in [0.2, 0.25) is 0 Å². The van der Waals surface area contributed by atoms with E-state index in [1.54, 1.807) is 0 Å². The van der Waals surface area contributed by atoms with Crippen molar-refractivity contribution in [2.45, 2.75) is 130 Å². The number of carbonyl (C=O) groups is 3. The molecule has 0 aliphatic carbocycles. The molecule has 0 aromatic heterocycles. The summed E-state index contributed by atoms with van der Waals surface area (Å²) in [6.07, 6.45) is 16.0. The van der Waals surface area contributed by atoms with E-state index in [4.69, 9.17) is 9.84 Å². The predicted molar refractivity (Wildman–Crippen MR) is 121 cm³/mol. The maximum atomic E-state index is 11.4. The van der Waals surface area contributed by atoms with E-state index in [9.17, 15) is 14.4 Å². The van der Waals surface area contributed by atoms with Crippen molar-refractivity contribution in [2.75, 3.05) is 6.61 Å². The molecule has 0 radical (unpaired) electrons. The minimum absolute atomic E-state index is 0.346. The van der Waals surface area contributed by atoms with Gasteiger partial charge in [-0.15, -0.1) is 0 Å². The lowest BCUT2D eigenvalue weighted by molar-refractivity contribution is -0.159. The van der Waals surface area contributed by atoms with Crippen LogP contribution in [0.25, 0.3) is 0 Å². The number of hydrogen-bond acceptors (Lipinski definition) is 5. The van der Waals surface area contributed by atoms with Crippen LogP contribution in [-0.2, 0) is 19.1 Å². The van der Waals surface area contributed by atoms with Crippen LogP contribution in [0.2, 0.25) is 0 Å². The third-order valence-electron chi connectivity index (χ3n) is 4.67. The molecular weight excluding hydrogens is 384 g/mol. The van der Waals surface area contributed by atoms with E-state index in [2.05, 4.69) is 25.5 Å². The molecule has 0 amide bonds. The molecule has 0 spiro atoms. The normalized spacial score (nSPS) is 10.1. The standard InChI is InChI=1S/C16H30O3.C8H16O3/c1-3-5-7-9-11-13-15(17)19-16(18)14-12-10-8-6-4-2;1-2-3-4-5-6-7-11-8(9)10/h3-14H2,1-2H3;2-7H2,1H3,(H,9,10). The van der Waals surface area contributed by atoms with Crippen LogP contribution in [0.3, 0.4) is 0 Å². The second-order valence-electron chi connectivity index (χ2n) is 7.70. The molecule has 178 valence electrons. The average Bonchev–Trinajstić information content (AvgIpc) is 2.70. The Hall–Kier alpha value is -1.59. The Morgan fingerprint density at radius 2 is 0.933 bits per heavy atom. The fourth-order valence-corrected chi connectivity index (χ4v) is 2.84. The van der Waals surface area contributed by atoms with Gasteiger partial charge in [0.1, 0.15) is 0 Å². The van der Waals surface area contributed by atoms with E-state index in [0.717, 1.165) is 51.4 Å². The van der Waals surface area contributed by atoms with Crippen LogP contribution < -0.4 is 0 Å². The molecule has 0 unspecified atom stereocenters. The summed E-state index contributed by atoms with van der Waals surface area (Å²) in [6.45, 7) is 6.81. The number of ether oxygens (including phenoxy) is 2. The smallest absolute Gasteiger partial charge is 0.450 e. The first kappa shape index (κ1) is 30.6. The molecule has 30 heavy (non-hydrogen) atoms. The van der Waals surface area contributed by atoms with E-state index in [0.29, 0.717) is 19.4 Å². The largest absolute Gasteiger partial charge is 0.505 e. The quantitative estimate of drug-likeness (QED) is 0.138. The summed E-state index contributed by atoms with van der Waals surface area (Å²) in [5.74, 6) is -0.704. The average molecular weight is 431 g/mol. The van der Waals surface area contributed by atoms with Crippen LogP contribution in [0.1, 0.15) is 130 Å². The maximum absolute atomic E-state index is 11.4. The van der Waals surface area contributed by atoms with E-state index >= 15 is 0 Å². The SMILES string of the molecule is CCCCCCCC(=O)OC(=O)CCCCCCC.CCCCCCCOC(=O)O. The highest BCUT2D eigenvalue weighted by atomic mass is 16.7. The molecule has 6 nitrogen and oxygen atoms in total. The van der Waals surface area contributed by atoms with Crippen molar-refractivity contribution < 1.29 is 29.0 Å². The fourth-order valence-electron chi connectivity index (χ4n) is 2.84. The van der Waals surface area contributed by atoms with Crippen LogP contribution in [-0.4, -0.2) is 29.8 Å². The summed E-state index contributed by atoms with van der Waals surface area (Å²) >= 11 is 0. The third-order valence-corrected chi connectivity index (χ3v) is 4.67. The molecule has 0 rings (SSSR count). The van der Waals surface area contributed by atoms with Crippen molar-refractivity contribution in [3.63, 3.8) is 0 Å². The van der Waals surface area contributed by atoms with Gasteiger partial charge in [-0.05, 0) is 19.3 Å². The molecule has 0 saturated carbocycles. The van der Waals surface area contributed by atoms with E-state index in [1.807, 2.05) is 0 Å². The van der Waals surface area contributed by atoms with Gasteiger partial charge in [-0.3, -0.25) is 9.59 Å². The Labute approximate surface area is 184 Å². The highest BCUT2D eigenvalue weighted by Crippen LogP contribution is 2.08. The zero-order valence-corrected chi connectivity index (χ0v) is 19.7. The van der Waals surface area contributed by atoms with Gasteiger partial charge < -0.3 is 14.6 Å². The lowest BCUT2D eigenvalue weighted by Gasteiger charge is -2.03. The van der Waals surface area contributed by atoms with Crippen molar-refractivity contribution in [1.29, 1.82) is 0 Å². The number of rotatable bonds is 18. The summed E-state index contributed by atoms with van der Waals surface area (Å²) < 4.78 is 9.12. The first-order chi connectivity index (χ1) is 14.5. The minimum atomic E-state index is -1.17. The van der Waals surface area contributed by atoms with Crippen molar-refractivity contribution >= 4 is 18.1 Å². The summed E-state index contributed by atoms with van der Waals surface area (Å²) in [7, 11) is 0. The summed E-state index contributed by atoms with van der Waals surface area (Å²) in [5, 5.41) is 8.09. The minimum Gasteiger partial charge on any atom is -0.450 e. The van der Waals surface area contributed by atoms with Gasteiger partial charge in [-0.25, -0.2) is 4.79 Å². The number of hydrogen-bond donors (Lipinski definition) is 1. The third kappa shape index (κ3) is 28.6. The lowest BCUT2D eigenvalue weighted by atomic mass is 10.1. The van der Waals surface area contributed by atoms with Crippen LogP contribution in [0.5, 0.6) is 0 Å². The van der Waals surface area contributed by atoms with Crippen LogP contribution in [0.4, 0.5) is 4.79 Å². The number of unbranched alkanes of at least 4 members (excludes halogenated alkanes) is 12. The Bertz CT molecular complexity index is 385. The van der Waals surface area contributed by atoms with Gasteiger partial charge in [0.15, 0.2) is 0 Å². The van der Waals surface area contributed by atoms with Crippen LogP contribution in [0, 0.1) is 0 Å². The molecule has 0 aliphatic heterocycles. The molecule has 0 bridgehead atoms. The van der Waals surface area contributed by atoms with Crippen LogP contribution in [0.15, 0.2) is 0 Å². The molecular formula is C24H46O6. The Morgan fingerprint density at radius 1 is 0.567 bits per heavy atom. The monoisotopic (exact) mass is 430 g/mol. The molecule has 1 N–H and O–H groups in total. The molecule has 0 saturated heterocycles. The fraction of sp³-hybridized carbons (Fsp3) is 0.875. The van der Waals surface area contributed by atoms with Gasteiger partial charge in [0, 0.05) is 12.8 Å². The maximum Gasteiger partial charge on any atom is 0.505 e. The van der Waals surface area contributed by atoms with E-state index < -0.39 is 6.16 Å². The van der Waals surface area contributed by atoms with Crippen molar-refractivity contribution in [1.82, 2.24) is 0 Å². The molecule has 0 aromatic rings. The highest BCUT2D eigenvalue weighted by Gasteiger charge is 2.09. The zero-order valence-electron chi connectivity index (χ0n) is 19.7. The topological polar surface area (TPSA) is 89.9 Å². The molecule has 0 fully saturated rings. The lowest BCUT2D eigenvalue weighted by Crippen LogP contribution is -2.11. The van der Waals surface area contributed by atoms with Crippen molar-refractivity contribution in [3.05, 3.63) is 0 Å². The summed E-state index contributed by atoms with van der Waals surface area (Å²) in [6, 6.07) is 0. The molecule has 0 aliphatic rings. The van der Waals surface area contributed by atoms with E-state index in [1.165, 1.54) is 44.9 Å². The molecule has 0 heterocycles. The first-order valence-electron chi connectivity index (χ1n) is 12.1. The van der Waals surface area contributed by atoms with Gasteiger partial charge in [0.05, 0.1) is 6.61 Å². The molecule has 0 aromatic carbocycles. The van der Waals surface area contributed by atoms with Crippen LogP contribution >= 0.6 is 0 Å². The van der Waals surface area contributed by atoms with Gasteiger partial charge in [-0.2, -0.15) is 0 Å². The molecule has 0 atom stereocenters. The number of esters is 2. The Morgan fingerprint density at radius 3 is 1.30 bits per heavy atom. The van der Waals surface area contributed by atoms with Crippen molar-refractivity contribution in [3.8, 4) is 0 Å². The highest BCUT2D eigenvalue weighted by molar-refractivity contribution is 5.85. The van der Waals surface area contributed by atoms with Crippen molar-refractivity contribution in [2.24, 2.45) is 0 Å². The summed E-state index contributed by atoms with van der Waals surface area (Å²) in [4.78, 5) is 32.6. The number of carbonyl (C=O) groups excluding carboxylic acids is 2. The van der Waals surface area contributed by atoms with Gasteiger partial charge in [0.25, 0.3) is 0 Å². The second kappa shape index (κ2) is 25.4. The Balaban J connectivity index is 0. The summed E-state index contributed by atoms with van der Waals surface area (Å²) in [5.41, 5.74) is 0. The number of carboxylic acid groups (broad SMARTS) is 1. The van der Waals surface area contributed by atoms with Gasteiger partial charge in [-0.1, -0.05) is 97.8 Å². The first-order valence-corrected chi connectivity index (χ1v) is 12.1. The molecule has 6 heteroatoms. The van der Waals surface area contributed by atoms with E-state index in [-0.39, 0.29) is 11.9 Å². The predicted octanol–water partition coefficient (Wildman–Crippen LogP) is 7.43.